The number of carbonyl (C=O) groups is 1. The first-order chi connectivity index (χ1) is 11.3. The Hall–Kier alpha value is -2.08. The lowest BCUT2D eigenvalue weighted by Crippen LogP contribution is -2.34. The second-order valence-electron chi connectivity index (χ2n) is 6.20. The Bertz CT molecular complexity index is 897. The highest BCUT2D eigenvalue weighted by Crippen LogP contribution is 2.32. The standard InChI is InChI=1S/C18H22N2O3S/c1-4-20-12(2)11-15(13(20)3)18(21)19-16-9-10-24(22,23)17-8-6-5-7-14(16)17/h5-8,11,16H,4,9-10H2,1-3H3,(H,19,21). The Morgan fingerprint density at radius 2 is 2.00 bits per heavy atom. The molecule has 3 rings (SSSR count). The van der Waals surface area contributed by atoms with E-state index in [4.69, 9.17) is 0 Å². The molecule has 1 N–H and O–H groups in total. The fourth-order valence-corrected chi connectivity index (χ4v) is 5.11. The number of rotatable bonds is 3. The predicted molar refractivity (Wildman–Crippen MR) is 92.9 cm³/mol. The summed E-state index contributed by atoms with van der Waals surface area (Å²) in [6, 6.07) is 8.54. The Labute approximate surface area is 142 Å². The van der Waals surface area contributed by atoms with Gasteiger partial charge in [0.15, 0.2) is 9.84 Å². The lowest BCUT2D eigenvalue weighted by molar-refractivity contribution is 0.0934. The Morgan fingerprint density at radius 1 is 1.29 bits per heavy atom. The second-order valence-corrected chi connectivity index (χ2v) is 8.28. The molecule has 6 heteroatoms. The highest BCUT2D eigenvalue weighted by atomic mass is 32.2. The minimum atomic E-state index is -3.25. The van der Waals surface area contributed by atoms with E-state index in [9.17, 15) is 13.2 Å². The van der Waals surface area contributed by atoms with Gasteiger partial charge >= 0.3 is 0 Å². The van der Waals surface area contributed by atoms with Crippen LogP contribution in [0.3, 0.4) is 0 Å². The van der Waals surface area contributed by atoms with Crippen molar-refractivity contribution >= 4 is 15.7 Å². The van der Waals surface area contributed by atoms with E-state index in [-0.39, 0.29) is 17.7 Å². The summed E-state index contributed by atoms with van der Waals surface area (Å²) in [6.45, 7) is 6.78. The van der Waals surface area contributed by atoms with E-state index < -0.39 is 9.84 Å². The van der Waals surface area contributed by atoms with Crippen LogP contribution in [0.2, 0.25) is 0 Å². The Morgan fingerprint density at radius 3 is 2.67 bits per heavy atom. The van der Waals surface area contributed by atoms with Gasteiger partial charge in [-0.1, -0.05) is 18.2 Å². The fraction of sp³-hybridized carbons (Fsp3) is 0.389. The van der Waals surface area contributed by atoms with Crippen molar-refractivity contribution in [2.75, 3.05) is 5.75 Å². The Balaban J connectivity index is 1.91. The molecule has 1 aliphatic heterocycles. The van der Waals surface area contributed by atoms with Gasteiger partial charge in [-0.05, 0) is 44.9 Å². The fourth-order valence-electron chi connectivity index (χ4n) is 3.49. The monoisotopic (exact) mass is 346 g/mol. The van der Waals surface area contributed by atoms with Crippen LogP contribution in [0.15, 0.2) is 35.2 Å². The summed E-state index contributed by atoms with van der Waals surface area (Å²) < 4.78 is 26.5. The molecule has 2 aromatic rings. The van der Waals surface area contributed by atoms with Crippen molar-refractivity contribution in [1.29, 1.82) is 0 Å². The summed E-state index contributed by atoms with van der Waals surface area (Å²) in [5.74, 6) is -0.0925. The third-order valence-corrected chi connectivity index (χ3v) is 6.56. The largest absolute Gasteiger partial charge is 0.349 e. The number of aryl methyl sites for hydroxylation is 1. The maximum atomic E-state index is 12.7. The van der Waals surface area contributed by atoms with Gasteiger partial charge in [0.25, 0.3) is 5.91 Å². The van der Waals surface area contributed by atoms with E-state index in [0.29, 0.717) is 22.4 Å². The van der Waals surface area contributed by atoms with Crippen molar-refractivity contribution < 1.29 is 13.2 Å². The molecule has 0 fully saturated rings. The average Bonchev–Trinajstić information content (AvgIpc) is 2.84. The van der Waals surface area contributed by atoms with Crippen molar-refractivity contribution in [2.24, 2.45) is 0 Å². The van der Waals surface area contributed by atoms with E-state index in [1.54, 1.807) is 18.2 Å². The van der Waals surface area contributed by atoms with E-state index in [1.807, 2.05) is 32.9 Å². The summed E-state index contributed by atoms with van der Waals surface area (Å²) in [5.41, 5.74) is 3.32. The maximum Gasteiger partial charge on any atom is 0.253 e. The molecule has 1 amide bonds. The highest BCUT2D eigenvalue weighted by Gasteiger charge is 2.31. The first-order valence-electron chi connectivity index (χ1n) is 8.14. The van der Waals surface area contributed by atoms with Gasteiger partial charge in [0.05, 0.1) is 22.3 Å². The molecule has 1 aliphatic rings. The van der Waals surface area contributed by atoms with Crippen LogP contribution >= 0.6 is 0 Å². The van der Waals surface area contributed by atoms with Gasteiger partial charge in [-0.25, -0.2) is 8.42 Å². The molecule has 0 radical (unpaired) electrons. The van der Waals surface area contributed by atoms with Crippen LogP contribution in [-0.2, 0) is 16.4 Å². The molecule has 0 aliphatic carbocycles. The molecule has 1 atom stereocenters. The number of nitrogens with one attached hydrogen (secondary N) is 1. The molecule has 0 saturated carbocycles. The zero-order valence-corrected chi connectivity index (χ0v) is 15.0. The van der Waals surface area contributed by atoms with Gasteiger partial charge in [0.2, 0.25) is 0 Å². The Kier molecular flexibility index (Phi) is 4.25. The number of hydrogen-bond donors (Lipinski definition) is 1. The van der Waals surface area contributed by atoms with Gasteiger partial charge in [0.1, 0.15) is 0 Å². The van der Waals surface area contributed by atoms with Crippen molar-refractivity contribution in [3.05, 3.63) is 52.8 Å². The SMILES string of the molecule is CCn1c(C)cc(C(=O)NC2CCS(=O)(=O)c3ccccc32)c1C. The van der Waals surface area contributed by atoms with Gasteiger partial charge in [0, 0.05) is 17.9 Å². The normalized spacial score (nSPS) is 18.9. The van der Waals surface area contributed by atoms with E-state index in [0.717, 1.165) is 17.9 Å². The van der Waals surface area contributed by atoms with Crippen LogP contribution in [0.5, 0.6) is 0 Å². The molecular formula is C18H22N2O3S. The quantitative estimate of drug-likeness (QED) is 0.929. The summed E-state index contributed by atoms with van der Waals surface area (Å²) in [7, 11) is -3.25. The van der Waals surface area contributed by atoms with Gasteiger partial charge in [-0.2, -0.15) is 0 Å². The first kappa shape index (κ1) is 16.8. The number of sulfone groups is 1. The predicted octanol–water partition coefficient (Wildman–Crippen LogP) is 2.77. The van der Waals surface area contributed by atoms with E-state index >= 15 is 0 Å². The zero-order valence-electron chi connectivity index (χ0n) is 14.2. The van der Waals surface area contributed by atoms with E-state index in [1.165, 1.54) is 0 Å². The summed E-state index contributed by atoms with van der Waals surface area (Å²) >= 11 is 0. The highest BCUT2D eigenvalue weighted by molar-refractivity contribution is 7.91. The van der Waals surface area contributed by atoms with Crippen LogP contribution in [0.1, 0.15) is 46.7 Å². The second kappa shape index (κ2) is 6.09. The van der Waals surface area contributed by atoms with Gasteiger partial charge < -0.3 is 9.88 Å². The van der Waals surface area contributed by atoms with Crippen LogP contribution < -0.4 is 5.32 Å². The summed E-state index contributed by atoms with van der Waals surface area (Å²) in [6.07, 6.45) is 0.400. The van der Waals surface area contributed by atoms with Gasteiger partial charge in [-0.3, -0.25) is 4.79 Å². The van der Waals surface area contributed by atoms with Crippen LogP contribution in [-0.4, -0.2) is 24.6 Å². The minimum Gasteiger partial charge on any atom is -0.349 e. The number of aromatic nitrogens is 1. The summed E-state index contributed by atoms with van der Waals surface area (Å²) in [4.78, 5) is 13.0. The van der Waals surface area contributed by atoms with Crippen LogP contribution in [0.4, 0.5) is 0 Å². The molecule has 0 saturated heterocycles. The topological polar surface area (TPSA) is 68.2 Å². The summed E-state index contributed by atoms with van der Waals surface area (Å²) in [5, 5.41) is 3.02. The molecule has 0 bridgehead atoms. The molecule has 1 aromatic carbocycles. The van der Waals surface area contributed by atoms with Crippen LogP contribution in [0, 0.1) is 13.8 Å². The van der Waals surface area contributed by atoms with Gasteiger partial charge in [-0.15, -0.1) is 0 Å². The molecular weight excluding hydrogens is 324 g/mol. The maximum absolute atomic E-state index is 12.7. The molecule has 128 valence electrons. The number of carbonyl (C=O) groups excluding carboxylic acids is 1. The minimum absolute atomic E-state index is 0.0585. The molecule has 0 spiro atoms. The number of hydrogen-bond acceptors (Lipinski definition) is 3. The average molecular weight is 346 g/mol. The zero-order chi connectivity index (χ0) is 17.5. The van der Waals surface area contributed by atoms with Crippen molar-refractivity contribution in [3.8, 4) is 0 Å². The van der Waals surface area contributed by atoms with Crippen molar-refractivity contribution in [1.82, 2.24) is 9.88 Å². The smallest absolute Gasteiger partial charge is 0.253 e. The van der Waals surface area contributed by atoms with Crippen molar-refractivity contribution in [3.63, 3.8) is 0 Å². The number of fused-ring (bicyclic) bond motifs is 1. The van der Waals surface area contributed by atoms with Crippen molar-refractivity contribution in [2.45, 2.75) is 44.7 Å². The third-order valence-electron chi connectivity index (χ3n) is 4.74. The number of amides is 1. The number of nitrogens with zero attached hydrogens (tertiary/aromatic N) is 1. The lowest BCUT2D eigenvalue weighted by atomic mass is 10.0. The molecule has 5 nitrogen and oxygen atoms in total. The van der Waals surface area contributed by atoms with Crippen LogP contribution in [0.25, 0.3) is 0 Å². The lowest BCUT2D eigenvalue weighted by Gasteiger charge is -2.26. The molecule has 1 unspecified atom stereocenters. The first-order valence-corrected chi connectivity index (χ1v) is 9.79. The van der Waals surface area contributed by atoms with E-state index in [2.05, 4.69) is 9.88 Å². The molecule has 1 aromatic heterocycles. The molecule has 2 heterocycles. The number of benzene rings is 1. The molecule has 24 heavy (non-hydrogen) atoms. The third kappa shape index (κ3) is 2.75.